The van der Waals surface area contributed by atoms with Crippen LogP contribution in [0.5, 0.6) is 0 Å². The summed E-state index contributed by atoms with van der Waals surface area (Å²) in [4.78, 5) is 0. The van der Waals surface area contributed by atoms with Gasteiger partial charge in [0.15, 0.2) is 0 Å². The Morgan fingerprint density at radius 3 is 1.75 bits per heavy atom. The maximum Gasteiger partial charge on any atom is 0.0347 e. The fourth-order valence-corrected chi connectivity index (χ4v) is 1.49. The van der Waals surface area contributed by atoms with Gasteiger partial charge in [0, 0.05) is 11.0 Å². The Labute approximate surface area is 112 Å². The first-order valence-electron chi connectivity index (χ1n) is 9.48. The predicted molar refractivity (Wildman–Crippen MR) is 73.3 cm³/mol. The van der Waals surface area contributed by atoms with Crippen molar-refractivity contribution in [2.45, 2.75) is 65.5 Å². The summed E-state index contributed by atoms with van der Waals surface area (Å²) in [7, 11) is 0. The zero-order chi connectivity index (χ0) is 19.4. The molecule has 0 saturated heterocycles. The molecule has 1 aromatic carbocycles. The van der Waals surface area contributed by atoms with Crippen LogP contribution in [-0.4, -0.2) is 0 Å². The highest BCUT2D eigenvalue weighted by atomic mass is 14.2. The minimum absolute atomic E-state index is 0.202. The molecular formula is C16H26. The molecule has 0 aliphatic carbocycles. The van der Waals surface area contributed by atoms with Gasteiger partial charge in [0.1, 0.15) is 0 Å². The lowest BCUT2D eigenvalue weighted by Crippen LogP contribution is -2.12. The quantitative estimate of drug-likeness (QED) is 0.647. The molecule has 90 valence electrons. The monoisotopic (exact) mass is 226 g/mol. The Morgan fingerprint density at radius 2 is 1.44 bits per heavy atom. The molecule has 1 aromatic rings. The second-order valence-electron chi connectivity index (χ2n) is 5.30. The van der Waals surface area contributed by atoms with Crippen molar-refractivity contribution in [2.75, 3.05) is 0 Å². The van der Waals surface area contributed by atoms with E-state index in [9.17, 15) is 0 Å². The van der Waals surface area contributed by atoms with Gasteiger partial charge in [-0.1, -0.05) is 66.5 Å². The van der Waals surface area contributed by atoms with E-state index in [0.717, 1.165) is 0 Å². The van der Waals surface area contributed by atoms with Crippen molar-refractivity contribution in [1.29, 1.82) is 0 Å². The van der Waals surface area contributed by atoms with Crippen LogP contribution in [0.4, 0.5) is 0 Å². The standard InChI is InChI=1S/C16H26/c1-11(2)13-8-14(12(3)4)10-15(9-13)16(5,6)7/h8-12H,1-7H3/i1D3,3D3,11D,12D. The van der Waals surface area contributed by atoms with Crippen LogP contribution >= 0.6 is 0 Å². The molecule has 16 heavy (non-hydrogen) atoms. The summed E-state index contributed by atoms with van der Waals surface area (Å²) in [5.41, 5.74) is 0.737. The summed E-state index contributed by atoms with van der Waals surface area (Å²) < 4.78 is 62.4. The minimum Gasteiger partial charge on any atom is -0.0587 e. The van der Waals surface area contributed by atoms with E-state index in [2.05, 4.69) is 0 Å². The molecule has 0 N–H and O–H groups in total. The maximum absolute atomic E-state index is 8.31. The normalized spacial score (nSPS) is 28.8. The van der Waals surface area contributed by atoms with E-state index in [1.54, 1.807) is 12.1 Å². The molecule has 0 nitrogen and oxygen atoms in total. The van der Waals surface area contributed by atoms with E-state index >= 15 is 0 Å². The Morgan fingerprint density at radius 1 is 1.00 bits per heavy atom. The van der Waals surface area contributed by atoms with Gasteiger partial charge in [-0.3, -0.25) is 0 Å². The van der Waals surface area contributed by atoms with Crippen molar-refractivity contribution in [3.63, 3.8) is 0 Å². The highest BCUT2D eigenvalue weighted by Crippen LogP contribution is 2.29. The summed E-state index contributed by atoms with van der Waals surface area (Å²) in [5.74, 6) is -3.79. The third-order valence-corrected chi connectivity index (χ3v) is 2.67. The van der Waals surface area contributed by atoms with Gasteiger partial charge in [-0.15, -0.1) is 0 Å². The first-order chi connectivity index (χ1) is 10.3. The number of hydrogen-bond acceptors (Lipinski definition) is 0. The second-order valence-corrected chi connectivity index (χ2v) is 5.30. The average Bonchev–Trinajstić information content (AvgIpc) is 2.34. The molecule has 0 amide bonds. The van der Waals surface area contributed by atoms with E-state index in [4.69, 9.17) is 11.0 Å². The fraction of sp³-hybridized carbons (Fsp3) is 0.625. The molecule has 1 rings (SSSR count). The van der Waals surface area contributed by atoms with E-state index in [1.807, 2.05) is 20.8 Å². The van der Waals surface area contributed by atoms with Crippen molar-refractivity contribution >= 4 is 0 Å². The van der Waals surface area contributed by atoms with Gasteiger partial charge in [0.25, 0.3) is 0 Å². The molecule has 0 bridgehead atoms. The highest BCUT2D eigenvalue weighted by Gasteiger charge is 2.16. The van der Waals surface area contributed by atoms with Gasteiger partial charge < -0.3 is 0 Å². The van der Waals surface area contributed by atoms with Gasteiger partial charge in [-0.25, -0.2) is 0 Å². The third-order valence-electron chi connectivity index (χ3n) is 2.67. The van der Waals surface area contributed by atoms with Crippen molar-refractivity contribution in [3.8, 4) is 0 Å². The lowest BCUT2D eigenvalue weighted by Gasteiger charge is -2.23. The van der Waals surface area contributed by atoms with Crippen molar-refractivity contribution in [2.24, 2.45) is 0 Å². The molecular weight excluding hydrogens is 192 g/mol. The summed E-state index contributed by atoms with van der Waals surface area (Å²) >= 11 is 0. The summed E-state index contributed by atoms with van der Waals surface area (Å²) in [6.45, 7) is 3.21. The highest BCUT2D eigenvalue weighted by molar-refractivity contribution is 5.36. The third kappa shape index (κ3) is 3.10. The molecule has 0 heteroatoms. The summed E-state index contributed by atoms with van der Waals surface area (Å²) in [5, 5.41) is 0. The van der Waals surface area contributed by atoms with Crippen LogP contribution in [0.1, 0.15) is 87.8 Å². The summed E-state index contributed by atoms with van der Waals surface area (Å²) in [6, 6.07) is 4.66. The Bertz CT molecular complexity index is 556. The van der Waals surface area contributed by atoms with Crippen LogP contribution < -0.4 is 0 Å². The maximum atomic E-state index is 8.31. The van der Waals surface area contributed by atoms with Gasteiger partial charge in [-0.05, 0) is 33.9 Å². The molecule has 0 aromatic heterocycles. The number of hydrogen-bond donors (Lipinski definition) is 0. The van der Waals surface area contributed by atoms with Crippen LogP contribution in [0.3, 0.4) is 0 Å². The zero-order valence-electron chi connectivity index (χ0n) is 18.7. The van der Waals surface area contributed by atoms with Gasteiger partial charge >= 0.3 is 0 Å². The summed E-state index contributed by atoms with van der Waals surface area (Å²) in [6.07, 6.45) is 0. The topological polar surface area (TPSA) is 0 Å². The zero-order valence-corrected chi connectivity index (χ0v) is 10.7. The van der Waals surface area contributed by atoms with Crippen molar-refractivity contribution in [3.05, 3.63) is 34.9 Å². The Hall–Kier alpha value is -0.780. The molecule has 0 fully saturated rings. The molecule has 2 unspecified atom stereocenters. The molecule has 2 atom stereocenters. The first kappa shape index (κ1) is 5.71. The number of benzene rings is 1. The molecule has 0 heterocycles. The smallest absolute Gasteiger partial charge is 0.0347 e. The minimum atomic E-state index is -2.57. The van der Waals surface area contributed by atoms with Gasteiger partial charge in [0.2, 0.25) is 0 Å². The molecule has 0 saturated carbocycles. The Kier molecular flexibility index (Phi) is 1.64. The van der Waals surface area contributed by atoms with Gasteiger partial charge in [0.05, 0.1) is 0 Å². The van der Waals surface area contributed by atoms with Crippen LogP contribution in [0.25, 0.3) is 0 Å². The SMILES string of the molecule is [2H]C([2H])([2H])C([2H])(C)c1cc(C(C)(C)C)cc(C([2H])(C)C([2H])([2H])[2H])c1. The Balaban J connectivity index is 3.75. The van der Waals surface area contributed by atoms with Crippen molar-refractivity contribution in [1.82, 2.24) is 0 Å². The average molecular weight is 226 g/mol. The lowest BCUT2D eigenvalue weighted by atomic mass is 9.82. The lowest BCUT2D eigenvalue weighted by molar-refractivity contribution is 0.586. The fourth-order valence-electron chi connectivity index (χ4n) is 1.49. The molecule has 0 aliphatic rings. The van der Waals surface area contributed by atoms with Crippen molar-refractivity contribution < 1.29 is 11.0 Å². The van der Waals surface area contributed by atoms with E-state index in [0.29, 0.717) is 5.56 Å². The van der Waals surface area contributed by atoms with Crippen LogP contribution in [0, 0.1) is 0 Å². The second kappa shape index (κ2) is 4.61. The largest absolute Gasteiger partial charge is 0.0587 e. The number of rotatable bonds is 2. The van der Waals surface area contributed by atoms with Crippen LogP contribution in [0.15, 0.2) is 18.2 Å². The van der Waals surface area contributed by atoms with E-state index < -0.39 is 25.5 Å². The molecule has 0 aliphatic heterocycles. The predicted octanol–water partition coefficient (Wildman–Crippen LogP) is 5.23. The van der Waals surface area contributed by atoms with Crippen LogP contribution in [-0.2, 0) is 5.41 Å². The van der Waals surface area contributed by atoms with E-state index in [-0.39, 0.29) is 16.5 Å². The molecule has 0 radical (unpaired) electrons. The first-order valence-corrected chi connectivity index (χ1v) is 5.48. The van der Waals surface area contributed by atoms with Crippen LogP contribution in [0.2, 0.25) is 0 Å². The van der Waals surface area contributed by atoms with Gasteiger partial charge in [-0.2, -0.15) is 0 Å². The van der Waals surface area contributed by atoms with E-state index in [1.165, 1.54) is 19.9 Å². The molecule has 0 spiro atoms.